The Morgan fingerprint density at radius 1 is 1.16 bits per heavy atom. The number of piperazine rings is 1. The largest absolute Gasteiger partial charge is 0.360 e. The average molecular weight is 575 g/mol. The van der Waals surface area contributed by atoms with Crippen molar-refractivity contribution < 1.29 is 0 Å². The summed E-state index contributed by atoms with van der Waals surface area (Å²) in [5.41, 5.74) is 1.25. The number of halogens is 1. The van der Waals surface area contributed by atoms with Crippen molar-refractivity contribution in [2.75, 3.05) is 57.8 Å². The van der Waals surface area contributed by atoms with Gasteiger partial charge in [-0.1, -0.05) is 6.92 Å². The number of likely N-dealkylation sites (tertiary alicyclic amines) is 1. The van der Waals surface area contributed by atoms with E-state index in [0.717, 1.165) is 57.6 Å². The fourth-order valence-electron chi connectivity index (χ4n) is 4.32. The van der Waals surface area contributed by atoms with Gasteiger partial charge in [-0.2, -0.15) is 0 Å². The summed E-state index contributed by atoms with van der Waals surface area (Å²) in [7, 11) is 1.91. The summed E-state index contributed by atoms with van der Waals surface area (Å²) in [6, 6.07) is 4.36. The average Bonchev–Trinajstić information content (AvgIpc) is 3.48. The number of rotatable bonds is 6. The van der Waals surface area contributed by atoms with E-state index in [0.29, 0.717) is 0 Å². The zero-order chi connectivity index (χ0) is 20.8. The van der Waals surface area contributed by atoms with Crippen LogP contribution in [0.5, 0.6) is 0 Å². The van der Waals surface area contributed by atoms with Crippen LogP contribution in [0.25, 0.3) is 0 Å². The van der Waals surface area contributed by atoms with Gasteiger partial charge in [0, 0.05) is 51.7 Å². The number of thiophene rings is 1. The van der Waals surface area contributed by atoms with Gasteiger partial charge in [0.2, 0.25) is 0 Å². The fraction of sp³-hybridized carbons (Fsp3) is 0.636. The quantitative estimate of drug-likeness (QED) is 0.321. The first-order chi connectivity index (χ1) is 14.7. The molecule has 31 heavy (non-hydrogen) atoms. The van der Waals surface area contributed by atoms with Crippen molar-refractivity contribution in [3.63, 3.8) is 0 Å². The number of nitrogens with zero attached hydrogens (tertiary/aromatic N) is 5. The fourth-order valence-corrected chi connectivity index (χ4v) is 5.84. The molecule has 2 aromatic rings. The maximum absolute atomic E-state index is 4.73. The van der Waals surface area contributed by atoms with Crippen molar-refractivity contribution in [1.29, 1.82) is 0 Å². The van der Waals surface area contributed by atoms with Gasteiger partial charge >= 0.3 is 0 Å². The van der Waals surface area contributed by atoms with Crippen LogP contribution in [0.3, 0.4) is 0 Å². The lowest BCUT2D eigenvalue weighted by Gasteiger charge is -2.38. The highest BCUT2D eigenvalue weighted by molar-refractivity contribution is 14.0. The van der Waals surface area contributed by atoms with Crippen LogP contribution < -0.4 is 10.2 Å². The molecule has 0 atom stereocenters. The van der Waals surface area contributed by atoms with Crippen molar-refractivity contribution in [1.82, 2.24) is 20.1 Å². The van der Waals surface area contributed by atoms with Crippen LogP contribution in [0.2, 0.25) is 0 Å². The summed E-state index contributed by atoms with van der Waals surface area (Å²) in [4.78, 5) is 16.7. The normalized spacial score (nSPS) is 18.8. The van der Waals surface area contributed by atoms with Gasteiger partial charge in [-0.05, 0) is 55.8 Å². The van der Waals surface area contributed by atoms with Crippen LogP contribution in [0.1, 0.15) is 30.5 Å². The third-order valence-electron chi connectivity index (χ3n) is 6.15. The smallest absolute Gasteiger partial charge is 0.193 e. The molecular formula is C22H35IN6S2. The Hall–Kier alpha value is -0.910. The second-order valence-electron chi connectivity index (χ2n) is 8.16. The van der Waals surface area contributed by atoms with E-state index >= 15 is 0 Å². The van der Waals surface area contributed by atoms with Crippen molar-refractivity contribution >= 4 is 57.6 Å². The predicted molar refractivity (Wildman–Crippen MR) is 144 cm³/mol. The van der Waals surface area contributed by atoms with Crippen LogP contribution in [0.4, 0.5) is 5.00 Å². The van der Waals surface area contributed by atoms with Crippen molar-refractivity contribution in [3.8, 4) is 0 Å². The number of aliphatic imine (C=N–C) groups is 1. The molecule has 6 nitrogen and oxygen atoms in total. The molecule has 4 rings (SSSR count). The standard InChI is InChI=1S/C22H34N6S2.HI/c1-3-20-25-19(17-30-20)16-26-8-6-18(7-9-26)15-24-22(23-2)28-12-10-27(11-13-28)21-5-4-14-29-21;/h4-5,14,17-18H,3,6-13,15-16H2,1-2H3,(H,23,24);1H. The number of piperidine rings is 1. The van der Waals surface area contributed by atoms with E-state index in [1.54, 1.807) is 11.3 Å². The SMILES string of the molecule is CCc1nc(CN2CCC(CNC(=NC)N3CCN(c4cccs4)CC3)CC2)cs1.I. The molecule has 0 spiro atoms. The molecule has 9 heteroatoms. The van der Waals surface area contributed by atoms with E-state index in [4.69, 9.17) is 4.98 Å². The van der Waals surface area contributed by atoms with Gasteiger partial charge in [0.05, 0.1) is 15.7 Å². The Morgan fingerprint density at radius 2 is 1.94 bits per heavy atom. The number of nitrogens with one attached hydrogen (secondary N) is 1. The molecule has 0 unspecified atom stereocenters. The lowest BCUT2D eigenvalue weighted by molar-refractivity contribution is 0.176. The molecule has 2 aliphatic heterocycles. The Labute approximate surface area is 211 Å². The van der Waals surface area contributed by atoms with Gasteiger partial charge in [0.1, 0.15) is 0 Å². The zero-order valence-electron chi connectivity index (χ0n) is 18.6. The number of aromatic nitrogens is 1. The van der Waals surface area contributed by atoms with Gasteiger partial charge in [-0.3, -0.25) is 9.89 Å². The Kier molecular flexibility index (Phi) is 9.86. The van der Waals surface area contributed by atoms with E-state index in [9.17, 15) is 0 Å². The minimum Gasteiger partial charge on any atom is -0.360 e. The summed E-state index contributed by atoms with van der Waals surface area (Å²) in [5, 5.41) is 10.7. The predicted octanol–water partition coefficient (Wildman–Crippen LogP) is 3.99. The van der Waals surface area contributed by atoms with E-state index < -0.39 is 0 Å². The van der Waals surface area contributed by atoms with E-state index in [2.05, 4.69) is 54.8 Å². The van der Waals surface area contributed by atoms with E-state index in [1.165, 1.54) is 41.6 Å². The number of aryl methyl sites for hydroxylation is 1. The Balaban J connectivity index is 0.00000272. The van der Waals surface area contributed by atoms with Crippen LogP contribution in [0.15, 0.2) is 27.9 Å². The van der Waals surface area contributed by atoms with Gasteiger partial charge in [0.25, 0.3) is 0 Å². The van der Waals surface area contributed by atoms with Gasteiger partial charge in [0.15, 0.2) is 5.96 Å². The molecule has 2 aliphatic rings. The first kappa shape index (κ1) is 24.7. The molecule has 2 aromatic heterocycles. The van der Waals surface area contributed by atoms with E-state index in [-0.39, 0.29) is 24.0 Å². The summed E-state index contributed by atoms with van der Waals surface area (Å²) in [6.07, 6.45) is 3.55. The number of hydrogen-bond donors (Lipinski definition) is 1. The lowest BCUT2D eigenvalue weighted by Crippen LogP contribution is -2.53. The Bertz CT molecular complexity index is 793. The highest BCUT2D eigenvalue weighted by Gasteiger charge is 2.23. The zero-order valence-corrected chi connectivity index (χ0v) is 22.6. The van der Waals surface area contributed by atoms with Crippen molar-refractivity contribution in [2.24, 2.45) is 10.9 Å². The van der Waals surface area contributed by atoms with Crippen molar-refractivity contribution in [3.05, 3.63) is 33.6 Å². The molecular weight excluding hydrogens is 539 g/mol. The van der Waals surface area contributed by atoms with Crippen LogP contribution >= 0.6 is 46.7 Å². The molecule has 172 valence electrons. The monoisotopic (exact) mass is 574 g/mol. The lowest BCUT2D eigenvalue weighted by atomic mass is 9.97. The molecule has 0 saturated carbocycles. The highest BCUT2D eigenvalue weighted by Crippen LogP contribution is 2.23. The molecule has 0 bridgehead atoms. The maximum Gasteiger partial charge on any atom is 0.193 e. The number of anilines is 1. The minimum atomic E-state index is 0. The third-order valence-corrected chi connectivity index (χ3v) is 8.12. The summed E-state index contributed by atoms with van der Waals surface area (Å²) in [6.45, 7) is 10.7. The molecule has 2 fully saturated rings. The van der Waals surface area contributed by atoms with Gasteiger partial charge in [-0.15, -0.1) is 46.7 Å². The first-order valence-electron chi connectivity index (χ1n) is 11.1. The third kappa shape index (κ3) is 6.79. The van der Waals surface area contributed by atoms with Crippen LogP contribution in [0, 0.1) is 5.92 Å². The molecule has 0 radical (unpaired) electrons. The second-order valence-corrected chi connectivity index (χ2v) is 10.0. The van der Waals surface area contributed by atoms with Crippen LogP contribution in [-0.2, 0) is 13.0 Å². The molecule has 0 amide bonds. The second kappa shape index (κ2) is 12.4. The topological polar surface area (TPSA) is 47.0 Å². The molecule has 1 N–H and O–H groups in total. The minimum absolute atomic E-state index is 0. The highest BCUT2D eigenvalue weighted by atomic mass is 127. The maximum atomic E-state index is 4.73. The van der Waals surface area contributed by atoms with Gasteiger partial charge < -0.3 is 15.1 Å². The number of hydrogen-bond acceptors (Lipinski definition) is 6. The number of guanidine groups is 1. The molecule has 0 aromatic carbocycles. The van der Waals surface area contributed by atoms with E-state index in [1.807, 2.05) is 18.4 Å². The van der Waals surface area contributed by atoms with Gasteiger partial charge in [-0.25, -0.2) is 4.98 Å². The Morgan fingerprint density at radius 3 is 2.55 bits per heavy atom. The summed E-state index contributed by atoms with van der Waals surface area (Å²) >= 11 is 3.63. The van der Waals surface area contributed by atoms with Crippen LogP contribution in [-0.4, -0.2) is 73.6 Å². The molecule has 0 aliphatic carbocycles. The number of thiazole rings is 1. The summed E-state index contributed by atoms with van der Waals surface area (Å²) < 4.78 is 0. The molecule has 4 heterocycles. The summed E-state index contributed by atoms with van der Waals surface area (Å²) in [5.74, 6) is 1.80. The first-order valence-corrected chi connectivity index (χ1v) is 12.9. The van der Waals surface area contributed by atoms with Crippen molar-refractivity contribution in [2.45, 2.75) is 32.7 Å². The molecule has 2 saturated heterocycles.